The van der Waals surface area contributed by atoms with Gasteiger partial charge in [-0.3, -0.25) is 29.9 Å². The van der Waals surface area contributed by atoms with Crippen molar-refractivity contribution < 1.29 is 43.0 Å². The van der Waals surface area contributed by atoms with Crippen LogP contribution in [0.15, 0.2) is 55.1 Å². The van der Waals surface area contributed by atoms with E-state index in [-0.39, 0.29) is 59.1 Å². The van der Waals surface area contributed by atoms with E-state index < -0.39 is 36.1 Å². The first-order chi connectivity index (χ1) is 26.2. The molecular weight excluding hydrogens is 706 g/mol. The van der Waals surface area contributed by atoms with Crippen LogP contribution in [0.4, 0.5) is 4.79 Å². The number of amides is 3. The number of carbonyl (C=O) groups excluding carboxylic acids is 6. The van der Waals surface area contributed by atoms with Gasteiger partial charge in [-0.05, 0) is 72.6 Å². The van der Waals surface area contributed by atoms with Crippen molar-refractivity contribution in [1.82, 2.24) is 20.9 Å². The monoisotopic (exact) mass is 751 g/mol. The van der Waals surface area contributed by atoms with E-state index in [1.54, 1.807) is 62.4 Å². The molecule has 4 N–H and O–H groups in total. The van der Waals surface area contributed by atoms with Crippen LogP contribution in [0.3, 0.4) is 0 Å². The maximum absolute atomic E-state index is 14.1. The van der Waals surface area contributed by atoms with Crippen molar-refractivity contribution in [1.29, 1.82) is 5.41 Å². The van der Waals surface area contributed by atoms with Gasteiger partial charge in [0.2, 0.25) is 12.2 Å². The number of amidine groups is 1. The standard InChI is InChI=1S/C41H45N5O9/c1-6-27-19-32(34(47)18-25-9-11-28(12-10-25)37(42)46-41(52)53-21-29-13-16-35(48)44-29)31(17-23(27)4)30-14-15-33(38(49)43-20-26-7-8-26)45-36(30)40(51)55-24(5)54-39(50)22(2)3/h6,9-12,14-15,17,19,22,24,26,29H,1,7-8,13,16,18,20-21H2,2-5H3,(H,43,49)(H,44,48)(H2,42,46,52)/t24?,29-/m0/s1. The fraction of sp³-hybridized carbons (Fsp3) is 0.366. The third-order valence-electron chi connectivity index (χ3n) is 9.15. The second-order valence-corrected chi connectivity index (χ2v) is 14.0. The summed E-state index contributed by atoms with van der Waals surface area (Å²) in [6.07, 6.45) is 2.45. The Balaban J connectivity index is 1.38. The van der Waals surface area contributed by atoms with Crippen LogP contribution in [0.5, 0.6) is 0 Å². The summed E-state index contributed by atoms with van der Waals surface area (Å²) >= 11 is 0. The Bertz CT molecular complexity index is 2020. The molecule has 55 heavy (non-hydrogen) atoms. The molecule has 1 saturated carbocycles. The van der Waals surface area contributed by atoms with Gasteiger partial charge in [0.1, 0.15) is 18.1 Å². The van der Waals surface area contributed by atoms with Gasteiger partial charge in [-0.25, -0.2) is 14.6 Å². The fourth-order valence-corrected chi connectivity index (χ4v) is 5.80. The molecular formula is C41H45N5O9. The lowest BCUT2D eigenvalue weighted by molar-refractivity contribution is -0.169. The SMILES string of the molecule is C=Cc1cc(C(=O)Cc2ccc(C(=N)NC(=O)OC[C@@H]3CCC(=O)N3)cc2)c(-c2ccc(C(=O)NCC3CC3)nc2C(=O)OC(C)OC(=O)C(C)C)cc1C. The Morgan fingerprint density at radius 2 is 1.73 bits per heavy atom. The number of esters is 2. The van der Waals surface area contributed by atoms with Crippen molar-refractivity contribution in [2.75, 3.05) is 13.2 Å². The van der Waals surface area contributed by atoms with E-state index in [2.05, 4.69) is 27.5 Å². The topological polar surface area (TPSA) is 203 Å². The van der Waals surface area contributed by atoms with Gasteiger partial charge >= 0.3 is 18.0 Å². The number of aryl methyl sites for hydroxylation is 1. The molecule has 1 unspecified atom stereocenters. The summed E-state index contributed by atoms with van der Waals surface area (Å²) in [5.74, 6) is -2.67. The van der Waals surface area contributed by atoms with E-state index in [1.165, 1.54) is 13.0 Å². The number of benzene rings is 2. The number of carbonyl (C=O) groups is 6. The van der Waals surface area contributed by atoms with Crippen LogP contribution in [0.25, 0.3) is 17.2 Å². The van der Waals surface area contributed by atoms with Crippen LogP contribution in [0.1, 0.15) is 100 Å². The molecule has 14 heteroatoms. The number of Topliss-reactive ketones (excluding diaryl/α,β-unsaturated/α-hetero) is 1. The molecule has 3 aromatic rings. The molecule has 2 aliphatic rings. The van der Waals surface area contributed by atoms with Crippen LogP contribution >= 0.6 is 0 Å². The van der Waals surface area contributed by atoms with Gasteiger partial charge in [-0.2, -0.15) is 0 Å². The first kappa shape index (κ1) is 40.0. The van der Waals surface area contributed by atoms with Crippen molar-refractivity contribution >= 4 is 47.5 Å². The number of nitrogens with zero attached hydrogens (tertiary/aromatic N) is 1. The average molecular weight is 752 g/mol. The lowest BCUT2D eigenvalue weighted by Gasteiger charge is -2.18. The quantitative estimate of drug-likeness (QED) is 0.0519. The minimum absolute atomic E-state index is 0.00802. The van der Waals surface area contributed by atoms with Crippen molar-refractivity contribution in [2.24, 2.45) is 11.8 Å². The molecule has 2 heterocycles. The summed E-state index contributed by atoms with van der Waals surface area (Å²) in [6.45, 7) is 10.9. The van der Waals surface area contributed by atoms with Gasteiger partial charge in [0.05, 0.1) is 12.0 Å². The Labute approximate surface area is 318 Å². The Hall–Kier alpha value is -6.18. The second-order valence-electron chi connectivity index (χ2n) is 14.0. The normalized spacial score (nSPS) is 15.4. The van der Waals surface area contributed by atoms with E-state index in [4.69, 9.17) is 19.6 Å². The van der Waals surface area contributed by atoms with Crippen LogP contribution in [0, 0.1) is 24.2 Å². The first-order valence-corrected chi connectivity index (χ1v) is 18.1. The highest BCUT2D eigenvalue weighted by atomic mass is 16.7. The molecule has 288 valence electrons. The van der Waals surface area contributed by atoms with Crippen molar-refractivity contribution in [2.45, 2.75) is 72.1 Å². The zero-order chi connectivity index (χ0) is 39.8. The lowest BCUT2D eigenvalue weighted by Crippen LogP contribution is -2.36. The van der Waals surface area contributed by atoms with Crippen LogP contribution < -0.4 is 16.0 Å². The number of rotatable bonds is 15. The maximum atomic E-state index is 14.1. The number of nitrogens with one attached hydrogen (secondary N) is 4. The second kappa shape index (κ2) is 17.8. The van der Waals surface area contributed by atoms with Crippen LogP contribution in [0.2, 0.25) is 0 Å². The zero-order valence-corrected chi connectivity index (χ0v) is 31.3. The lowest BCUT2D eigenvalue weighted by atomic mass is 9.89. The molecule has 14 nitrogen and oxygen atoms in total. The van der Waals surface area contributed by atoms with Crippen molar-refractivity contribution in [3.63, 3.8) is 0 Å². The zero-order valence-electron chi connectivity index (χ0n) is 31.3. The summed E-state index contributed by atoms with van der Waals surface area (Å²) < 4.78 is 15.9. The summed E-state index contributed by atoms with van der Waals surface area (Å²) in [5.41, 5.74) is 3.00. The third-order valence-corrected chi connectivity index (χ3v) is 9.15. The number of pyridine rings is 1. The van der Waals surface area contributed by atoms with E-state index in [0.717, 1.165) is 18.4 Å². The predicted molar refractivity (Wildman–Crippen MR) is 202 cm³/mol. The van der Waals surface area contributed by atoms with E-state index in [0.29, 0.717) is 47.6 Å². The Morgan fingerprint density at radius 1 is 1.00 bits per heavy atom. The molecule has 2 atom stereocenters. The number of hydrogen-bond donors (Lipinski definition) is 4. The van der Waals surface area contributed by atoms with Gasteiger partial charge in [-0.1, -0.05) is 56.8 Å². The van der Waals surface area contributed by atoms with Crippen LogP contribution in [-0.4, -0.2) is 71.9 Å². The summed E-state index contributed by atoms with van der Waals surface area (Å²) in [7, 11) is 0. The largest absolute Gasteiger partial charge is 0.447 e. The highest BCUT2D eigenvalue weighted by Crippen LogP contribution is 2.32. The van der Waals surface area contributed by atoms with E-state index in [1.807, 2.05) is 6.92 Å². The van der Waals surface area contributed by atoms with Gasteiger partial charge in [0.25, 0.3) is 5.91 Å². The number of ether oxygens (including phenoxy) is 3. The van der Waals surface area contributed by atoms with E-state index in [9.17, 15) is 28.8 Å². The van der Waals surface area contributed by atoms with Gasteiger partial charge in [0.15, 0.2) is 11.5 Å². The minimum atomic E-state index is -1.26. The number of ketones is 1. The molecule has 3 amide bonds. The highest BCUT2D eigenvalue weighted by molar-refractivity contribution is 6.08. The number of alkyl carbamates (subject to hydrolysis) is 1. The summed E-state index contributed by atoms with van der Waals surface area (Å²) in [6, 6.07) is 12.7. The molecule has 1 aliphatic heterocycles. The fourth-order valence-electron chi connectivity index (χ4n) is 5.80. The number of hydrogen-bond acceptors (Lipinski definition) is 11. The van der Waals surface area contributed by atoms with E-state index >= 15 is 0 Å². The molecule has 1 aromatic heterocycles. The van der Waals surface area contributed by atoms with Gasteiger partial charge in [-0.15, -0.1) is 0 Å². The molecule has 0 radical (unpaired) electrons. The van der Waals surface area contributed by atoms with Gasteiger partial charge < -0.3 is 24.8 Å². The molecule has 1 saturated heterocycles. The summed E-state index contributed by atoms with van der Waals surface area (Å²) in [4.78, 5) is 81.1. The predicted octanol–water partition coefficient (Wildman–Crippen LogP) is 5.30. The highest BCUT2D eigenvalue weighted by Gasteiger charge is 2.28. The number of aromatic nitrogens is 1. The van der Waals surface area contributed by atoms with Crippen LogP contribution in [-0.2, 0) is 30.2 Å². The molecule has 2 fully saturated rings. The Kier molecular flexibility index (Phi) is 12.9. The molecule has 2 aromatic carbocycles. The Morgan fingerprint density at radius 3 is 2.36 bits per heavy atom. The average Bonchev–Trinajstić information content (AvgIpc) is 3.90. The molecule has 5 rings (SSSR count). The molecule has 0 spiro atoms. The molecule has 0 bridgehead atoms. The smallest absolute Gasteiger partial charge is 0.412 e. The maximum Gasteiger partial charge on any atom is 0.412 e. The van der Waals surface area contributed by atoms with Crippen molar-refractivity contribution in [3.8, 4) is 11.1 Å². The first-order valence-electron chi connectivity index (χ1n) is 18.1. The third kappa shape index (κ3) is 10.7. The molecule has 1 aliphatic carbocycles. The van der Waals surface area contributed by atoms with Crippen molar-refractivity contribution in [3.05, 3.63) is 94.3 Å². The van der Waals surface area contributed by atoms with Gasteiger partial charge in [0, 0.05) is 43.0 Å². The summed E-state index contributed by atoms with van der Waals surface area (Å²) in [5, 5.41) is 16.2. The minimum Gasteiger partial charge on any atom is -0.447 e.